The van der Waals surface area contributed by atoms with E-state index in [2.05, 4.69) is 14.8 Å². The lowest BCUT2D eigenvalue weighted by Gasteiger charge is -2.09. The molecule has 0 aliphatic heterocycles. The van der Waals surface area contributed by atoms with Crippen LogP contribution in [0.1, 0.15) is 11.3 Å². The first kappa shape index (κ1) is 15.0. The highest BCUT2D eigenvalue weighted by Crippen LogP contribution is 2.15. The minimum absolute atomic E-state index is 0.119. The number of hydrogen-bond acceptors (Lipinski definition) is 5. The molecule has 0 amide bonds. The first-order chi connectivity index (χ1) is 9.89. The fraction of sp³-hybridized carbons (Fsp3) is 0.250. The topological polar surface area (TPSA) is 127 Å². The summed E-state index contributed by atoms with van der Waals surface area (Å²) in [5.74, 6) is -0.180. The average molecular weight is 308 g/mol. The molecule has 8 nitrogen and oxygen atoms in total. The van der Waals surface area contributed by atoms with E-state index in [0.717, 1.165) is 0 Å². The van der Waals surface area contributed by atoms with E-state index >= 15 is 0 Å². The van der Waals surface area contributed by atoms with Crippen molar-refractivity contribution >= 4 is 21.7 Å². The summed E-state index contributed by atoms with van der Waals surface area (Å²) < 4.78 is 28.0. The summed E-state index contributed by atoms with van der Waals surface area (Å²) in [4.78, 5) is 4.08. The molecule has 0 atom stereocenters. The molecule has 0 aromatic carbocycles. The van der Waals surface area contributed by atoms with Crippen molar-refractivity contribution in [2.45, 2.75) is 6.42 Å². The largest absolute Gasteiger partial charge is 0.384 e. The standard InChI is InChI=1S/C12H16N6O2S/c1-18-12(10(8-16-18)11(13)14)17-21(19,20)7-5-9-4-2-3-6-15-9/h2-4,6,8,17H,5,7H2,1H3,(H3,13,14). The lowest BCUT2D eigenvalue weighted by molar-refractivity contribution is 0.599. The number of nitrogens with zero attached hydrogens (tertiary/aromatic N) is 3. The number of nitrogen functional groups attached to an aromatic ring is 1. The SMILES string of the molecule is Cn1ncc(C(=N)N)c1NS(=O)(=O)CCc1ccccn1. The van der Waals surface area contributed by atoms with Gasteiger partial charge in [-0.05, 0) is 12.1 Å². The third-order valence-corrected chi connectivity index (χ3v) is 4.08. The molecular formula is C12H16N6O2S. The zero-order chi connectivity index (χ0) is 15.5. The van der Waals surface area contributed by atoms with Gasteiger partial charge in [0.15, 0.2) is 0 Å². The van der Waals surface area contributed by atoms with Crippen LogP contribution in [0.15, 0.2) is 30.6 Å². The van der Waals surface area contributed by atoms with Gasteiger partial charge in [0.25, 0.3) is 0 Å². The summed E-state index contributed by atoms with van der Waals surface area (Å²) in [6.45, 7) is 0. The molecule has 2 aromatic rings. The second-order valence-electron chi connectivity index (χ2n) is 4.44. The van der Waals surface area contributed by atoms with Gasteiger partial charge < -0.3 is 5.73 Å². The van der Waals surface area contributed by atoms with Crippen LogP contribution in [0.5, 0.6) is 0 Å². The highest BCUT2D eigenvalue weighted by molar-refractivity contribution is 7.92. The third-order valence-electron chi connectivity index (χ3n) is 2.83. The number of amidine groups is 1. The lowest BCUT2D eigenvalue weighted by atomic mass is 10.3. The Morgan fingerprint density at radius 3 is 2.86 bits per heavy atom. The van der Waals surface area contributed by atoms with Crippen LogP contribution in [0.3, 0.4) is 0 Å². The minimum atomic E-state index is -3.58. The van der Waals surface area contributed by atoms with E-state index in [1.807, 2.05) is 0 Å². The highest BCUT2D eigenvalue weighted by Gasteiger charge is 2.18. The first-order valence-electron chi connectivity index (χ1n) is 6.16. The molecular weight excluding hydrogens is 292 g/mol. The monoisotopic (exact) mass is 308 g/mol. The van der Waals surface area contributed by atoms with Gasteiger partial charge in [-0.25, -0.2) is 8.42 Å². The second-order valence-corrected chi connectivity index (χ2v) is 6.28. The summed E-state index contributed by atoms with van der Waals surface area (Å²) in [6, 6.07) is 5.34. The maximum absolute atomic E-state index is 12.1. The molecule has 2 aromatic heterocycles. The number of aromatic nitrogens is 3. The quantitative estimate of drug-likeness (QED) is 0.514. The Balaban J connectivity index is 2.11. The molecule has 0 radical (unpaired) electrons. The molecule has 0 aliphatic carbocycles. The molecule has 9 heteroatoms. The molecule has 21 heavy (non-hydrogen) atoms. The Morgan fingerprint density at radius 1 is 1.48 bits per heavy atom. The Morgan fingerprint density at radius 2 is 2.24 bits per heavy atom. The summed E-state index contributed by atoms with van der Waals surface area (Å²) in [7, 11) is -2.01. The fourth-order valence-corrected chi connectivity index (χ4v) is 2.86. The van der Waals surface area contributed by atoms with E-state index < -0.39 is 10.0 Å². The van der Waals surface area contributed by atoms with Crippen molar-refractivity contribution in [3.8, 4) is 0 Å². The molecule has 0 saturated heterocycles. The van der Waals surface area contributed by atoms with Gasteiger partial charge in [-0.15, -0.1) is 0 Å². The number of pyridine rings is 1. The predicted octanol–water partition coefficient (Wildman–Crippen LogP) is 0.0836. The van der Waals surface area contributed by atoms with Gasteiger partial charge in [-0.1, -0.05) is 6.07 Å². The Kier molecular flexibility index (Phi) is 4.22. The number of rotatable bonds is 6. The normalized spacial score (nSPS) is 11.3. The molecule has 0 spiro atoms. The van der Waals surface area contributed by atoms with Crippen molar-refractivity contribution < 1.29 is 8.42 Å². The molecule has 0 fully saturated rings. The molecule has 0 aliphatic rings. The van der Waals surface area contributed by atoms with Crippen LogP contribution in [0.4, 0.5) is 5.82 Å². The maximum Gasteiger partial charge on any atom is 0.234 e. The van der Waals surface area contributed by atoms with Crippen LogP contribution in [-0.2, 0) is 23.5 Å². The first-order valence-corrected chi connectivity index (χ1v) is 7.81. The van der Waals surface area contributed by atoms with Crippen LogP contribution in [-0.4, -0.2) is 34.8 Å². The van der Waals surface area contributed by atoms with Gasteiger partial charge in [0, 0.05) is 25.4 Å². The van der Waals surface area contributed by atoms with Crippen LogP contribution in [0.2, 0.25) is 0 Å². The summed E-state index contributed by atoms with van der Waals surface area (Å²) >= 11 is 0. The van der Waals surface area contributed by atoms with Gasteiger partial charge in [0.2, 0.25) is 10.0 Å². The fourth-order valence-electron chi connectivity index (χ4n) is 1.74. The Hall–Kier alpha value is -2.42. The predicted molar refractivity (Wildman–Crippen MR) is 79.6 cm³/mol. The van der Waals surface area contributed by atoms with E-state index in [1.165, 1.54) is 10.9 Å². The average Bonchev–Trinajstić information content (AvgIpc) is 2.79. The van der Waals surface area contributed by atoms with Gasteiger partial charge in [0.1, 0.15) is 11.7 Å². The van der Waals surface area contributed by atoms with E-state index in [1.54, 1.807) is 31.4 Å². The molecule has 4 N–H and O–H groups in total. The van der Waals surface area contributed by atoms with Crippen LogP contribution in [0.25, 0.3) is 0 Å². The molecule has 0 saturated carbocycles. The van der Waals surface area contributed by atoms with Crippen molar-refractivity contribution in [2.24, 2.45) is 12.8 Å². The van der Waals surface area contributed by atoms with E-state index in [-0.39, 0.29) is 23.0 Å². The van der Waals surface area contributed by atoms with Crippen molar-refractivity contribution in [1.29, 1.82) is 5.41 Å². The number of hydrogen-bond donors (Lipinski definition) is 3. The van der Waals surface area contributed by atoms with Gasteiger partial charge in [0.05, 0.1) is 17.5 Å². The van der Waals surface area contributed by atoms with Gasteiger partial charge in [-0.2, -0.15) is 5.10 Å². The van der Waals surface area contributed by atoms with Crippen LogP contribution >= 0.6 is 0 Å². The molecule has 2 rings (SSSR count). The van der Waals surface area contributed by atoms with Crippen molar-refractivity contribution in [3.05, 3.63) is 41.9 Å². The number of aryl methyl sites for hydroxylation is 2. The van der Waals surface area contributed by atoms with E-state index in [9.17, 15) is 8.42 Å². The van der Waals surface area contributed by atoms with E-state index in [0.29, 0.717) is 12.1 Å². The number of nitrogens with two attached hydrogens (primary N) is 1. The van der Waals surface area contributed by atoms with Crippen molar-refractivity contribution in [2.75, 3.05) is 10.5 Å². The van der Waals surface area contributed by atoms with Crippen molar-refractivity contribution in [3.63, 3.8) is 0 Å². The van der Waals surface area contributed by atoms with Gasteiger partial charge in [-0.3, -0.25) is 19.8 Å². The minimum Gasteiger partial charge on any atom is -0.384 e. The zero-order valence-electron chi connectivity index (χ0n) is 11.4. The highest BCUT2D eigenvalue weighted by atomic mass is 32.2. The summed E-state index contributed by atoms with van der Waals surface area (Å²) in [5.41, 5.74) is 6.34. The molecule has 0 bridgehead atoms. The maximum atomic E-state index is 12.1. The van der Waals surface area contributed by atoms with E-state index in [4.69, 9.17) is 11.1 Å². The Labute approximate surface area is 122 Å². The molecule has 0 unspecified atom stereocenters. The molecule has 2 heterocycles. The Bertz CT molecular complexity index is 738. The smallest absolute Gasteiger partial charge is 0.234 e. The van der Waals surface area contributed by atoms with Crippen LogP contribution < -0.4 is 10.5 Å². The summed E-state index contributed by atoms with van der Waals surface area (Å²) in [5, 5.41) is 11.3. The number of nitrogens with one attached hydrogen (secondary N) is 2. The second kappa shape index (κ2) is 5.92. The lowest BCUT2D eigenvalue weighted by Crippen LogP contribution is -2.22. The summed E-state index contributed by atoms with van der Waals surface area (Å²) in [6.07, 6.45) is 3.26. The van der Waals surface area contributed by atoms with Crippen molar-refractivity contribution in [1.82, 2.24) is 14.8 Å². The number of sulfonamides is 1. The van der Waals surface area contributed by atoms with Gasteiger partial charge >= 0.3 is 0 Å². The number of anilines is 1. The third kappa shape index (κ3) is 3.78. The zero-order valence-corrected chi connectivity index (χ0v) is 12.3. The molecule has 112 valence electrons. The van der Waals surface area contributed by atoms with Crippen LogP contribution in [0, 0.1) is 5.41 Å².